The normalized spacial score (nSPS) is 15.0. The molecule has 0 atom stereocenters. The minimum atomic E-state index is -0.481. The molecule has 2 heterocycles. The lowest BCUT2D eigenvalue weighted by Gasteiger charge is -2.39. The molecule has 22 heavy (non-hydrogen) atoms. The third-order valence-corrected chi connectivity index (χ3v) is 4.47. The number of carbonyl (C=O) groups excluding carboxylic acids is 1. The van der Waals surface area contributed by atoms with E-state index in [9.17, 15) is 9.18 Å². The number of hydrogen-bond donors (Lipinski definition) is 0. The maximum Gasteiger partial charge on any atom is 0.256 e. The summed E-state index contributed by atoms with van der Waals surface area (Å²) in [5.74, 6) is 0.749. The predicted molar refractivity (Wildman–Crippen MR) is 85.1 cm³/mol. The van der Waals surface area contributed by atoms with Crippen LogP contribution in [0.3, 0.4) is 0 Å². The summed E-state index contributed by atoms with van der Waals surface area (Å²) in [5.41, 5.74) is 0.138. The molecule has 1 aromatic heterocycles. The van der Waals surface area contributed by atoms with Crippen molar-refractivity contribution in [3.63, 3.8) is 0 Å². The van der Waals surface area contributed by atoms with Gasteiger partial charge in [-0.3, -0.25) is 4.79 Å². The first-order valence-corrected chi connectivity index (χ1v) is 8.12. The molecular formula is C16H17BrFN3O. The van der Waals surface area contributed by atoms with Gasteiger partial charge < -0.3 is 9.47 Å². The Morgan fingerprint density at radius 1 is 1.45 bits per heavy atom. The third kappa shape index (κ3) is 2.92. The van der Waals surface area contributed by atoms with Crippen molar-refractivity contribution < 1.29 is 9.18 Å². The van der Waals surface area contributed by atoms with Gasteiger partial charge in [-0.15, -0.1) is 0 Å². The number of imidazole rings is 1. The van der Waals surface area contributed by atoms with E-state index in [1.165, 1.54) is 12.1 Å². The van der Waals surface area contributed by atoms with Crippen LogP contribution in [0.15, 0.2) is 35.1 Å². The lowest BCUT2D eigenvalue weighted by molar-refractivity contribution is 0.0462. The molecule has 1 aliphatic rings. The topological polar surface area (TPSA) is 38.1 Å². The van der Waals surface area contributed by atoms with Gasteiger partial charge in [-0.05, 0) is 18.2 Å². The number of benzene rings is 1. The molecule has 1 aromatic carbocycles. The zero-order chi connectivity index (χ0) is 15.7. The van der Waals surface area contributed by atoms with Crippen LogP contribution in [0.25, 0.3) is 0 Å². The highest BCUT2D eigenvalue weighted by atomic mass is 79.9. The number of carbonyl (C=O) groups is 1. The highest BCUT2D eigenvalue weighted by molar-refractivity contribution is 9.10. The Hall–Kier alpha value is -1.69. The van der Waals surface area contributed by atoms with Gasteiger partial charge in [0.2, 0.25) is 0 Å². The van der Waals surface area contributed by atoms with Crippen molar-refractivity contribution in [2.75, 3.05) is 13.1 Å². The minimum Gasteiger partial charge on any atom is -0.338 e. The highest BCUT2D eigenvalue weighted by Gasteiger charge is 2.32. The Morgan fingerprint density at radius 2 is 2.23 bits per heavy atom. The number of likely N-dealkylation sites (tertiary alicyclic amines) is 1. The number of amides is 1. The fourth-order valence-corrected chi connectivity index (χ4v) is 3.12. The fourth-order valence-electron chi connectivity index (χ4n) is 2.78. The van der Waals surface area contributed by atoms with E-state index in [-0.39, 0.29) is 11.5 Å². The Morgan fingerprint density at radius 3 is 2.91 bits per heavy atom. The molecular weight excluding hydrogens is 349 g/mol. The molecule has 0 bridgehead atoms. The van der Waals surface area contributed by atoms with Gasteiger partial charge in [0.1, 0.15) is 11.6 Å². The van der Waals surface area contributed by atoms with Gasteiger partial charge in [-0.2, -0.15) is 0 Å². The van der Waals surface area contributed by atoms with Crippen LogP contribution in [-0.4, -0.2) is 33.4 Å². The molecule has 3 rings (SSSR count). The summed E-state index contributed by atoms with van der Waals surface area (Å²) in [6.07, 6.45) is 4.67. The van der Waals surface area contributed by atoms with E-state index in [2.05, 4.69) is 32.4 Å². The smallest absolute Gasteiger partial charge is 0.256 e. The summed E-state index contributed by atoms with van der Waals surface area (Å²) < 4.78 is 16.6. The summed E-state index contributed by atoms with van der Waals surface area (Å²) in [5, 5.41) is 0. The van der Waals surface area contributed by atoms with Crippen LogP contribution >= 0.6 is 15.9 Å². The van der Waals surface area contributed by atoms with Crippen LogP contribution in [0.4, 0.5) is 4.39 Å². The summed E-state index contributed by atoms with van der Waals surface area (Å²) in [7, 11) is 0. The van der Waals surface area contributed by atoms with E-state index in [0.29, 0.717) is 23.5 Å². The lowest BCUT2D eigenvalue weighted by Crippen LogP contribution is -2.51. The molecule has 0 unspecified atom stereocenters. The number of hydrogen-bond acceptors (Lipinski definition) is 2. The average molecular weight is 366 g/mol. The van der Waals surface area contributed by atoms with Gasteiger partial charge >= 0.3 is 0 Å². The predicted octanol–water partition coefficient (Wildman–Crippen LogP) is 3.12. The molecule has 1 aliphatic heterocycles. The molecule has 0 radical (unpaired) electrons. The summed E-state index contributed by atoms with van der Waals surface area (Å²) in [6, 6.07) is 4.54. The van der Waals surface area contributed by atoms with E-state index >= 15 is 0 Å². The van der Waals surface area contributed by atoms with Crippen molar-refractivity contribution in [2.24, 2.45) is 5.92 Å². The second-order valence-electron chi connectivity index (χ2n) is 5.55. The Labute approximate surface area is 137 Å². The van der Waals surface area contributed by atoms with Crippen molar-refractivity contribution in [1.29, 1.82) is 0 Å². The van der Waals surface area contributed by atoms with Gasteiger partial charge in [0, 0.05) is 48.8 Å². The molecule has 1 amide bonds. The molecule has 1 fully saturated rings. The molecule has 1 saturated heterocycles. The van der Waals surface area contributed by atoms with E-state index in [4.69, 9.17) is 0 Å². The van der Waals surface area contributed by atoms with Crippen molar-refractivity contribution in [1.82, 2.24) is 14.5 Å². The third-order valence-electron chi connectivity index (χ3n) is 3.98. The van der Waals surface area contributed by atoms with Gasteiger partial charge in [0.25, 0.3) is 5.91 Å². The monoisotopic (exact) mass is 365 g/mol. The van der Waals surface area contributed by atoms with Crippen LogP contribution < -0.4 is 0 Å². The average Bonchev–Trinajstić information content (AvgIpc) is 2.89. The first-order chi connectivity index (χ1) is 10.6. The maximum absolute atomic E-state index is 13.8. The van der Waals surface area contributed by atoms with E-state index in [0.717, 1.165) is 18.8 Å². The largest absolute Gasteiger partial charge is 0.338 e. The summed E-state index contributed by atoms with van der Waals surface area (Å²) >= 11 is 3.20. The van der Waals surface area contributed by atoms with Gasteiger partial charge in [-0.1, -0.05) is 22.9 Å². The minimum absolute atomic E-state index is 0.138. The number of rotatable bonds is 4. The van der Waals surface area contributed by atoms with Crippen molar-refractivity contribution >= 4 is 21.8 Å². The van der Waals surface area contributed by atoms with Gasteiger partial charge in [-0.25, -0.2) is 9.37 Å². The number of nitrogens with zero attached hydrogens (tertiary/aromatic N) is 3. The summed E-state index contributed by atoms with van der Waals surface area (Å²) in [6.45, 7) is 4.26. The number of halogens is 2. The van der Waals surface area contributed by atoms with E-state index < -0.39 is 5.82 Å². The maximum atomic E-state index is 13.8. The second kappa shape index (κ2) is 6.20. The first-order valence-electron chi connectivity index (χ1n) is 7.32. The quantitative estimate of drug-likeness (QED) is 0.834. The standard InChI is InChI=1S/C16H17BrFN3O/c1-2-15-19-5-6-20(15)8-11-9-21(10-11)16(22)13-4-3-12(17)7-14(13)18/h3-7,11H,2,8-10H2,1H3. The molecule has 0 saturated carbocycles. The zero-order valence-corrected chi connectivity index (χ0v) is 13.9. The van der Waals surface area contributed by atoms with Crippen LogP contribution in [0.5, 0.6) is 0 Å². The SMILES string of the molecule is CCc1nccn1CC1CN(C(=O)c2ccc(Br)cc2F)C1. The van der Waals surface area contributed by atoms with Gasteiger partial charge in [0.15, 0.2) is 0 Å². The van der Waals surface area contributed by atoms with Crippen molar-refractivity contribution in [3.8, 4) is 0 Å². The molecule has 6 heteroatoms. The van der Waals surface area contributed by atoms with Crippen LogP contribution in [0, 0.1) is 11.7 Å². The van der Waals surface area contributed by atoms with Crippen LogP contribution in [0.1, 0.15) is 23.1 Å². The Bertz CT molecular complexity index is 694. The molecule has 0 aliphatic carbocycles. The summed E-state index contributed by atoms with van der Waals surface area (Å²) in [4.78, 5) is 18.3. The molecule has 4 nitrogen and oxygen atoms in total. The second-order valence-corrected chi connectivity index (χ2v) is 6.47. The zero-order valence-electron chi connectivity index (χ0n) is 12.3. The fraction of sp³-hybridized carbons (Fsp3) is 0.375. The molecule has 0 N–H and O–H groups in total. The first kappa shape index (κ1) is 15.2. The highest BCUT2D eigenvalue weighted by Crippen LogP contribution is 2.23. The Balaban J connectivity index is 1.60. The van der Waals surface area contributed by atoms with Crippen molar-refractivity contribution in [2.45, 2.75) is 19.9 Å². The Kier molecular flexibility index (Phi) is 4.29. The molecule has 116 valence electrons. The van der Waals surface area contributed by atoms with Gasteiger partial charge in [0.05, 0.1) is 5.56 Å². The number of aryl methyl sites for hydroxylation is 1. The lowest BCUT2D eigenvalue weighted by atomic mass is 9.98. The molecule has 0 spiro atoms. The van der Waals surface area contributed by atoms with E-state index in [1.54, 1.807) is 17.2 Å². The molecule has 2 aromatic rings. The van der Waals surface area contributed by atoms with E-state index in [1.807, 2.05) is 6.20 Å². The number of aromatic nitrogens is 2. The van der Waals surface area contributed by atoms with Crippen LogP contribution in [0.2, 0.25) is 0 Å². The van der Waals surface area contributed by atoms with Crippen LogP contribution in [-0.2, 0) is 13.0 Å². The van der Waals surface area contributed by atoms with Crippen molar-refractivity contribution in [3.05, 3.63) is 52.3 Å².